The van der Waals surface area contributed by atoms with Crippen molar-refractivity contribution in [3.05, 3.63) is 70.8 Å². The molecule has 5 nitrogen and oxygen atoms in total. The maximum absolute atomic E-state index is 13.2. The van der Waals surface area contributed by atoms with Gasteiger partial charge < -0.3 is 5.21 Å². The highest BCUT2D eigenvalue weighted by Gasteiger charge is 2.11. The molecular weight excluding hydrogens is 305 g/mol. The Hall–Kier alpha value is -2.80. The number of amides is 1. The van der Waals surface area contributed by atoms with Gasteiger partial charge in [0.2, 0.25) is 0 Å². The molecule has 0 fully saturated rings. The van der Waals surface area contributed by atoms with Crippen LogP contribution in [0.25, 0.3) is 11.3 Å². The van der Waals surface area contributed by atoms with E-state index in [2.05, 4.69) is 10.3 Å². The number of hydrogen-bond acceptors (Lipinski definition) is 4. The zero-order valence-corrected chi connectivity index (χ0v) is 12.0. The van der Waals surface area contributed by atoms with Gasteiger partial charge in [-0.2, -0.15) is 4.73 Å². The summed E-state index contributed by atoms with van der Waals surface area (Å²) in [7, 11) is 0. The molecule has 3 rings (SSSR count). The van der Waals surface area contributed by atoms with Crippen molar-refractivity contribution in [2.45, 2.75) is 0 Å². The number of halogens is 1. The van der Waals surface area contributed by atoms with Crippen LogP contribution in [-0.2, 0) is 0 Å². The largest absolute Gasteiger partial charge is 0.619 e. The number of pyridine rings is 1. The Morgan fingerprint density at radius 2 is 2.05 bits per heavy atom. The summed E-state index contributed by atoms with van der Waals surface area (Å²) in [6.45, 7) is 0. The normalized spacial score (nSPS) is 10.4. The molecule has 1 amide bonds. The van der Waals surface area contributed by atoms with Crippen LogP contribution in [0.5, 0.6) is 0 Å². The molecule has 7 heteroatoms. The van der Waals surface area contributed by atoms with Crippen molar-refractivity contribution in [2.75, 3.05) is 5.32 Å². The van der Waals surface area contributed by atoms with Crippen molar-refractivity contribution in [3.63, 3.8) is 0 Å². The van der Waals surface area contributed by atoms with Gasteiger partial charge in [-0.1, -0.05) is 12.1 Å². The van der Waals surface area contributed by atoms with Crippen molar-refractivity contribution in [1.29, 1.82) is 0 Å². The Kier molecular flexibility index (Phi) is 3.80. The molecule has 22 heavy (non-hydrogen) atoms. The minimum absolute atomic E-state index is 0.341. The van der Waals surface area contributed by atoms with Crippen LogP contribution >= 0.6 is 11.3 Å². The predicted molar refractivity (Wildman–Crippen MR) is 80.9 cm³/mol. The summed E-state index contributed by atoms with van der Waals surface area (Å²) in [5.74, 6) is -0.702. The van der Waals surface area contributed by atoms with Crippen molar-refractivity contribution >= 4 is 22.4 Å². The van der Waals surface area contributed by atoms with Gasteiger partial charge in [0.05, 0.1) is 11.3 Å². The van der Waals surface area contributed by atoms with E-state index in [1.54, 1.807) is 17.5 Å². The van der Waals surface area contributed by atoms with E-state index in [4.69, 9.17) is 0 Å². The third-order valence-electron chi connectivity index (χ3n) is 2.91. The van der Waals surface area contributed by atoms with E-state index < -0.39 is 0 Å². The van der Waals surface area contributed by atoms with Crippen LogP contribution in [0.3, 0.4) is 0 Å². The first-order valence-corrected chi connectivity index (χ1v) is 7.21. The summed E-state index contributed by atoms with van der Waals surface area (Å²) < 4.78 is 13.8. The van der Waals surface area contributed by atoms with Gasteiger partial charge in [-0.3, -0.25) is 10.1 Å². The summed E-state index contributed by atoms with van der Waals surface area (Å²) in [5.41, 5.74) is 1.59. The number of thiazole rings is 1. The Bertz CT molecular complexity index is 818. The summed E-state index contributed by atoms with van der Waals surface area (Å²) >= 11 is 1.24. The highest BCUT2D eigenvalue weighted by atomic mass is 32.1. The third kappa shape index (κ3) is 3.09. The number of anilines is 1. The van der Waals surface area contributed by atoms with Gasteiger partial charge in [-0.05, 0) is 12.1 Å². The SMILES string of the molecule is O=C(Nc1nc(-c2cccc(F)c2)cs1)c1cc[n+]([O-])cc1. The molecule has 0 saturated heterocycles. The molecule has 0 bridgehead atoms. The Labute approximate surface area is 129 Å². The zero-order chi connectivity index (χ0) is 15.5. The van der Waals surface area contributed by atoms with Crippen LogP contribution in [0.1, 0.15) is 10.4 Å². The van der Waals surface area contributed by atoms with E-state index in [9.17, 15) is 14.4 Å². The first-order valence-electron chi connectivity index (χ1n) is 6.33. The van der Waals surface area contributed by atoms with Crippen molar-refractivity contribution in [1.82, 2.24) is 4.98 Å². The van der Waals surface area contributed by atoms with Gasteiger partial charge in [-0.25, -0.2) is 9.37 Å². The molecule has 0 atom stereocenters. The van der Waals surface area contributed by atoms with Gasteiger partial charge in [0.25, 0.3) is 5.91 Å². The first kappa shape index (κ1) is 14.2. The molecule has 1 aromatic carbocycles. The van der Waals surface area contributed by atoms with Gasteiger partial charge in [0.15, 0.2) is 17.5 Å². The summed E-state index contributed by atoms with van der Waals surface area (Å²) in [6, 6.07) is 8.92. The third-order valence-corrected chi connectivity index (χ3v) is 3.67. The van der Waals surface area contributed by atoms with Crippen molar-refractivity contribution < 1.29 is 13.9 Å². The van der Waals surface area contributed by atoms with Crippen LogP contribution in [0, 0.1) is 11.0 Å². The Morgan fingerprint density at radius 3 is 2.77 bits per heavy atom. The van der Waals surface area contributed by atoms with Gasteiger partial charge in [0, 0.05) is 23.1 Å². The molecular formula is C15H10FN3O2S. The number of nitrogens with zero attached hydrogens (tertiary/aromatic N) is 2. The van der Waals surface area contributed by atoms with Gasteiger partial charge in [-0.15, -0.1) is 11.3 Å². The molecule has 0 aliphatic rings. The summed E-state index contributed by atoms with van der Waals surface area (Å²) in [5, 5.41) is 15.7. The molecule has 0 spiro atoms. The summed E-state index contributed by atoms with van der Waals surface area (Å²) in [4.78, 5) is 16.3. The molecule has 110 valence electrons. The predicted octanol–water partition coefficient (Wildman–Crippen LogP) is 2.83. The average molecular weight is 315 g/mol. The molecule has 0 saturated carbocycles. The number of aromatic nitrogens is 2. The lowest BCUT2D eigenvalue weighted by Gasteiger charge is -2.01. The molecule has 0 radical (unpaired) electrons. The molecule has 0 aliphatic heterocycles. The monoisotopic (exact) mass is 315 g/mol. The van der Waals surface area contributed by atoms with Gasteiger partial charge in [0.1, 0.15) is 5.82 Å². The topological polar surface area (TPSA) is 68.9 Å². The second kappa shape index (κ2) is 5.90. The van der Waals surface area contributed by atoms with Crippen LogP contribution < -0.4 is 10.0 Å². The van der Waals surface area contributed by atoms with Crippen LogP contribution in [0.2, 0.25) is 0 Å². The molecule has 2 aromatic heterocycles. The fourth-order valence-corrected chi connectivity index (χ4v) is 2.56. The van der Waals surface area contributed by atoms with Crippen LogP contribution in [0.4, 0.5) is 9.52 Å². The lowest BCUT2D eigenvalue weighted by atomic mass is 10.2. The average Bonchev–Trinajstić information content (AvgIpc) is 2.96. The van der Waals surface area contributed by atoms with E-state index in [1.807, 2.05) is 0 Å². The van der Waals surface area contributed by atoms with E-state index in [1.165, 1.54) is 48.0 Å². The second-order valence-corrected chi connectivity index (χ2v) is 5.31. The number of hydrogen-bond donors (Lipinski definition) is 1. The minimum atomic E-state index is -0.360. The highest BCUT2D eigenvalue weighted by Crippen LogP contribution is 2.25. The molecule has 3 aromatic rings. The molecule has 0 aliphatic carbocycles. The van der Waals surface area contributed by atoms with E-state index in [-0.39, 0.29) is 11.7 Å². The fraction of sp³-hybridized carbons (Fsp3) is 0. The Morgan fingerprint density at radius 1 is 1.27 bits per heavy atom. The van der Waals surface area contributed by atoms with Crippen LogP contribution in [0.15, 0.2) is 54.2 Å². The number of carbonyl (C=O) groups is 1. The van der Waals surface area contributed by atoms with E-state index in [0.29, 0.717) is 26.7 Å². The first-order chi connectivity index (χ1) is 10.6. The molecule has 2 heterocycles. The van der Waals surface area contributed by atoms with Crippen molar-refractivity contribution in [3.8, 4) is 11.3 Å². The quantitative estimate of drug-likeness (QED) is 0.597. The van der Waals surface area contributed by atoms with E-state index in [0.717, 1.165) is 0 Å². The minimum Gasteiger partial charge on any atom is -0.619 e. The van der Waals surface area contributed by atoms with Gasteiger partial charge >= 0.3 is 0 Å². The lowest BCUT2D eigenvalue weighted by molar-refractivity contribution is -0.605. The second-order valence-electron chi connectivity index (χ2n) is 4.45. The number of carbonyl (C=O) groups excluding carboxylic acids is 1. The zero-order valence-electron chi connectivity index (χ0n) is 11.2. The molecule has 1 N–H and O–H groups in total. The van der Waals surface area contributed by atoms with Crippen molar-refractivity contribution in [2.24, 2.45) is 0 Å². The lowest BCUT2D eigenvalue weighted by Crippen LogP contribution is -2.25. The number of nitrogens with one attached hydrogen (secondary N) is 1. The van der Waals surface area contributed by atoms with Crippen LogP contribution in [-0.4, -0.2) is 10.9 Å². The number of rotatable bonds is 3. The highest BCUT2D eigenvalue weighted by molar-refractivity contribution is 7.14. The fourth-order valence-electron chi connectivity index (χ4n) is 1.84. The number of benzene rings is 1. The maximum atomic E-state index is 13.2. The van der Waals surface area contributed by atoms with E-state index >= 15 is 0 Å². The molecule has 0 unspecified atom stereocenters. The smallest absolute Gasteiger partial charge is 0.257 e. The Balaban J connectivity index is 1.77. The standard InChI is InChI=1S/C15H10FN3O2S/c16-12-3-1-2-11(8-12)13-9-22-15(17-13)18-14(20)10-4-6-19(21)7-5-10/h1-9H,(H,17,18,20). The maximum Gasteiger partial charge on any atom is 0.257 e. The summed E-state index contributed by atoms with van der Waals surface area (Å²) in [6.07, 6.45) is 2.49.